The van der Waals surface area contributed by atoms with Crippen molar-refractivity contribution in [1.82, 2.24) is 34.1 Å². The lowest BCUT2D eigenvalue weighted by Gasteiger charge is -2.13. The molecule has 4 aromatic heterocycles. The molecule has 0 unspecified atom stereocenters. The number of likely N-dealkylation sites (N-methyl/N-ethyl adjacent to an activating group) is 1. The molecule has 0 spiro atoms. The predicted octanol–water partition coefficient (Wildman–Crippen LogP) is 1.09. The summed E-state index contributed by atoms with van der Waals surface area (Å²) < 4.78 is 8.95. The highest BCUT2D eigenvalue weighted by Crippen LogP contribution is 2.31. The van der Waals surface area contributed by atoms with Crippen LogP contribution in [0.25, 0.3) is 22.3 Å². The molecule has 5 rings (SSSR count). The Hall–Kier alpha value is -3.69. The van der Waals surface area contributed by atoms with Gasteiger partial charge in [0.1, 0.15) is 17.9 Å². The number of hydrogen-bond acceptors (Lipinski definition) is 7. The molecule has 28 heavy (non-hydrogen) atoms. The van der Waals surface area contributed by atoms with Crippen LogP contribution in [0.2, 0.25) is 0 Å². The van der Waals surface area contributed by atoms with Crippen molar-refractivity contribution in [1.29, 1.82) is 0 Å². The second kappa shape index (κ2) is 6.19. The number of aromatic nitrogens is 6. The first-order chi connectivity index (χ1) is 13.6. The van der Waals surface area contributed by atoms with E-state index in [0.717, 1.165) is 22.3 Å². The number of rotatable bonds is 4. The van der Waals surface area contributed by atoms with Gasteiger partial charge in [0, 0.05) is 37.1 Å². The van der Waals surface area contributed by atoms with E-state index in [1.807, 2.05) is 30.6 Å². The average molecular weight is 378 g/mol. The van der Waals surface area contributed by atoms with Gasteiger partial charge in [-0.05, 0) is 24.6 Å². The van der Waals surface area contributed by atoms with Gasteiger partial charge in [-0.25, -0.2) is 14.0 Å². The number of hydrogen-bond donors (Lipinski definition) is 1. The molecule has 1 amide bonds. The normalized spacial score (nSPS) is 17.0. The molecule has 1 atom stereocenters. The third-order valence-electron chi connectivity index (χ3n) is 4.99. The zero-order chi connectivity index (χ0) is 19.3. The first-order valence-corrected chi connectivity index (χ1v) is 8.88. The number of carbonyl (C=O) groups is 1. The Bertz CT molecular complexity index is 1200. The van der Waals surface area contributed by atoms with Crippen molar-refractivity contribution in [3.63, 3.8) is 0 Å². The third-order valence-corrected chi connectivity index (χ3v) is 4.99. The quantitative estimate of drug-likeness (QED) is 0.567. The van der Waals surface area contributed by atoms with Crippen LogP contribution in [0.3, 0.4) is 0 Å². The number of likely N-dealkylation sites (tertiary alicyclic amines) is 1. The summed E-state index contributed by atoms with van der Waals surface area (Å²) >= 11 is 0. The summed E-state index contributed by atoms with van der Waals surface area (Å²) in [6.45, 7) is 0.717. The lowest BCUT2D eigenvalue weighted by Crippen LogP contribution is -2.31. The van der Waals surface area contributed by atoms with Crippen LogP contribution in [0.4, 0.5) is 5.95 Å². The molecule has 4 aromatic rings. The number of ether oxygens (including phenoxy) is 1. The van der Waals surface area contributed by atoms with Gasteiger partial charge in [0.05, 0.1) is 7.11 Å². The molecule has 0 aromatic carbocycles. The number of amides is 1. The third kappa shape index (κ3) is 2.53. The Morgan fingerprint density at radius 1 is 1.25 bits per heavy atom. The van der Waals surface area contributed by atoms with E-state index in [-0.39, 0.29) is 11.9 Å². The topological polar surface area (TPSA) is 102 Å². The highest BCUT2D eigenvalue weighted by Gasteiger charge is 2.30. The Morgan fingerprint density at radius 3 is 2.93 bits per heavy atom. The first kappa shape index (κ1) is 16.5. The van der Waals surface area contributed by atoms with Gasteiger partial charge < -0.3 is 15.0 Å². The van der Waals surface area contributed by atoms with Crippen LogP contribution in [0.1, 0.15) is 6.42 Å². The average Bonchev–Trinajstić information content (AvgIpc) is 3.42. The Labute approximate surface area is 159 Å². The molecule has 0 bridgehead atoms. The second-order valence-electron chi connectivity index (χ2n) is 6.69. The number of pyridine rings is 1. The van der Waals surface area contributed by atoms with E-state index in [1.165, 1.54) is 6.33 Å². The Balaban J connectivity index is 1.56. The monoisotopic (exact) mass is 378 g/mol. The summed E-state index contributed by atoms with van der Waals surface area (Å²) in [6.07, 6.45) is 5.97. The van der Waals surface area contributed by atoms with Crippen molar-refractivity contribution in [2.75, 3.05) is 26.0 Å². The van der Waals surface area contributed by atoms with E-state index in [0.29, 0.717) is 24.8 Å². The lowest BCUT2D eigenvalue weighted by molar-refractivity contribution is -0.127. The highest BCUT2D eigenvalue weighted by atomic mass is 16.5. The number of anilines is 1. The van der Waals surface area contributed by atoms with Gasteiger partial charge in [0.25, 0.3) is 0 Å². The summed E-state index contributed by atoms with van der Waals surface area (Å²) in [5.41, 5.74) is 3.36. The van der Waals surface area contributed by atoms with Gasteiger partial charge in [0.2, 0.25) is 17.7 Å². The van der Waals surface area contributed by atoms with Gasteiger partial charge in [-0.3, -0.25) is 4.79 Å². The molecular formula is C18H18N8O2. The van der Waals surface area contributed by atoms with Gasteiger partial charge in [0.15, 0.2) is 5.65 Å². The lowest BCUT2D eigenvalue weighted by atomic mass is 10.1. The zero-order valence-corrected chi connectivity index (χ0v) is 15.4. The maximum Gasteiger partial charge on any atom is 0.244 e. The maximum atomic E-state index is 12.2. The summed E-state index contributed by atoms with van der Waals surface area (Å²) in [5.74, 6) is 0.818. The van der Waals surface area contributed by atoms with Crippen LogP contribution in [0, 0.1) is 0 Å². The van der Waals surface area contributed by atoms with Gasteiger partial charge in [-0.15, -0.1) is 5.10 Å². The number of nitrogens with zero attached hydrogens (tertiary/aromatic N) is 7. The minimum absolute atomic E-state index is 0.0389. The van der Waals surface area contributed by atoms with Crippen molar-refractivity contribution in [3.05, 3.63) is 36.9 Å². The van der Waals surface area contributed by atoms with E-state index in [1.54, 1.807) is 28.1 Å². The molecule has 1 saturated heterocycles. The fourth-order valence-electron chi connectivity index (χ4n) is 3.52. The van der Waals surface area contributed by atoms with Crippen molar-refractivity contribution >= 4 is 23.0 Å². The van der Waals surface area contributed by atoms with Crippen molar-refractivity contribution < 1.29 is 9.53 Å². The number of fused-ring (bicyclic) bond motifs is 2. The highest BCUT2D eigenvalue weighted by molar-refractivity contribution is 5.87. The molecule has 1 aliphatic heterocycles. The molecule has 0 saturated carbocycles. The largest absolute Gasteiger partial charge is 0.479 e. The summed E-state index contributed by atoms with van der Waals surface area (Å²) in [7, 11) is 3.36. The van der Waals surface area contributed by atoms with Crippen LogP contribution in [-0.2, 0) is 4.79 Å². The van der Waals surface area contributed by atoms with Crippen LogP contribution >= 0.6 is 0 Å². The minimum Gasteiger partial charge on any atom is -0.479 e. The van der Waals surface area contributed by atoms with Crippen LogP contribution in [0.15, 0.2) is 36.9 Å². The van der Waals surface area contributed by atoms with Gasteiger partial charge in [-0.2, -0.15) is 10.1 Å². The molecule has 0 aliphatic carbocycles. The molecule has 1 N–H and O–H groups in total. The van der Waals surface area contributed by atoms with Crippen LogP contribution in [-0.4, -0.2) is 66.7 Å². The Morgan fingerprint density at radius 2 is 2.14 bits per heavy atom. The first-order valence-electron chi connectivity index (χ1n) is 8.88. The molecule has 142 valence electrons. The van der Waals surface area contributed by atoms with Crippen LogP contribution in [0.5, 0.6) is 5.88 Å². The molecule has 10 nitrogen and oxygen atoms in total. The van der Waals surface area contributed by atoms with Crippen molar-refractivity contribution in [2.24, 2.45) is 0 Å². The predicted molar refractivity (Wildman–Crippen MR) is 101 cm³/mol. The number of methoxy groups -OCH3 is 1. The number of nitrogens with one attached hydrogen (secondary N) is 1. The molecule has 5 heterocycles. The van der Waals surface area contributed by atoms with Crippen molar-refractivity contribution in [2.45, 2.75) is 12.5 Å². The zero-order valence-electron chi connectivity index (χ0n) is 15.4. The SMILES string of the molecule is COc1nc(N[C@@H]2CCN(C)C2=O)nn2ccc(-c3ccc4ncnn4c3)c12. The van der Waals surface area contributed by atoms with E-state index >= 15 is 0 Å². The van der Waals surface area contributed by atoms with Crippen molar-refractivity contribution in [3.8, 4) is 17.0 Å². The molecular weight excluding hydrogens is 360 g/mol. The molecule has 10 heteroatoms. The van der Waals surface area contributed by atoms with E-state index in [2.05, 4.69) is 25.5 Å². The standard InChI is InChI=1S/C18H18N8O2/c1-24-7-6-13(17(24)27)21-18-22-16(28-2)15-12(5-8-25(15)23-18)11-3-4-14-19-10-20-26(14)9-11/h3-5,8-10,13H,6-7H2,1-2H3,(H,21,23)/t13-/m1/s1. The fraction of sp³-hybridized carbons (Fsp3) is 0.278. The minimum atomic E-state index is -0.322. The summed E-state index contributed by atoms with van der Waals surface area (Å²) in [6, 6.07) is 5.50. The van der Waals surface area contributed by atoms with E-state index in [9.17, 15) is 4.79 Å². The van der Waals surface area contributed by atoms with Crippen LogP contribution < -0.4 is 10.1 Å². The van der Waals surface area contributed by atoms with Gasteiger partial charge >= 0.3 is 0 Å². The molecule has 0 radical (unpaired) electrons. The molecule has 1 fully saturated rings. The second-order valence-corrected chi connectivity index (χ2v) is 6.69. The van der Waals surface area contributed by atoms with E-state index in [4.69, 9.17) is 4.74 Å². The maximum absolute atomic E-state index is 12.2. The summed E-state index contributed by atoms with van der Waals surface area (Å²) in [5, 5.41) is 11.8. The molecule has 1 aliphatic rings. The number of carbonyl (C=O) groups excluding carboxylic acids is 1. The van der Waals surface area contributed by atoms with E-state index < -0.39 is 0 Å². The smallest absolute Gasteiger partial charge is 0.244 e. The summed E-state index contributed by atoms with van der Waals surface area (Å²) in [4.78, 5) is 22.5. The Kier molecular flexibility index (Phi) is 3.64. The fourth-order valence-corrected chi connectivity index (χ4v) is 3.52. The van der Waals surface area contributed by atoms with Gasteiger partial charge in [-0.1, -0.05) is 0 Å².